The molecule has 1 N–H and O–H groups in total. The number of carbonyl (C=O) groups excluding carboxylic acids is 1. The van der Waals surface area contributed by atoms with E-state index in [0.29, 0.717) is 0 Å². The summed E-state index contributed by atoms with van der Waals surface area (Å²) in [6.45, 7) is 19.9. The molecule has 1 heterocycles. The van der Waals surface area contributed by atoms with Crippen LogP contribution in [0.2, 0.25) is 0 Å². The third kappa shape index (κ3) is 8.98. The Kier molecular flexibility index (Phi) is 10.1. The van der Waals surface area contributed by atoms with Crippen molar-refractivity contribution < 1.29 is 30.0 Å². The first kappa shape index (κ1) is 30.7. The largest absolute Gasteiger partial charge is 0.512 e. The van der Waals surface area contributed by atoms with E-state index < -0.39 is 5.41 Å². The summed E-state index contributed by atoms with van der Waals surface area (Å²) in [4.78, 5) is 20.7. The number of aliphatic hydroxyl groups is 1. The second-order valence-corrected chi connectivity index (χ2v) is 11.9. The number of benzene rings is 2. The maximum atomic E-state index is 11.5. The molecular weight excluding hydrogens is 613 g/mol. The van der Waals surface area contributed by atoms with Gasteiger partial charge in [0.1, 0.15) is 5.76 Å². The van der Waals surface area contributed by atoms with Gasteiger partial charge < -0.3 is 5.11 Å². The number of aryl methyl sites for hydroxylation is 1. The van der Waals surface area contributed by atoms with E-state index in [2.05, 4.69) is 50.9 Å². The summed E-state index contributed by atoms with van der Waals surface area (Å²) >= 11 is 0. The Hall–Kier alpha value is -2.36. The van der Waals surface area contributed by atoms with Crippen LogP contribution in [0.3, 0.4) is 0 Å². The molecular formula is C30H39IrN2O2-. The molecule has 0 spiro atoms. The zero-order chi connectivity index (χ0) is 25.9. The fourth-order valence-electron chi connectivity index (χ4n) is 2.93. The van der Waals surface area contributed by atoms with Gasteiger partial charge in [0.2, 0.25) is 0 Å². The summed E-state index contributed by atoms with van der Waals surface area (Å²) in [5, 5.41) is 9.56. The molecule has 0 fully saturated rings. The van der Waals surface area contributed by atoms with Crippen molar-refractivity contribution in [2.45, 2.75) is 74.7 Å². The van der Waals surface area contributed by atoms with E-state index in [1.54, 1.807) is 0 Å². The second kappa shape index (κ2) is 11.6. The Morgan fingerprint density at radius 1 is 0.914 bits per heavy atom. The molecule has 35 heavy (non-hydrogen) atoms. The molecule has 4 nitrogen and oxygen atoms in total. The summed E-state index contributed by atoms with van der Waals surface area (Å²) in [6.07, 6.45) is 3.17. The average molecular weight is 652 g/mol. The van der Waals surface area contributed by atoms with Gasteiger partial charge >= 0.3 is 0 Å². The number of ketones is 1. The average Bonchev–Trinajstić information content (AvgIpc) is 2.71. The fraction of sp³-hybridized carbons (Fsp3) is 0.433. The molecule has 0 bridgehead atoms. The molecule has 3 aromatic rings. The first-order valence-electron chi connectivity index (χ1n) is 11.7. The molecule has 1 aromatic heterocycles. The third-order valence-electron chi connectivity index (χ3n) is 5.37. The van der Waals surface area contributed by atoms with E-state index in [-0.39, 0.29) is 42.5 Å². The maximum absolute atomic E-state index is 11.5. The number of carbonyl (C=O) groups is 1. The summed E-state index contributed by atoms with van der Waals surface area (Å²) < 4.78 is 0. The van der Waals surface area contributed by atoms with E-state index in [4.69, 9.17) is 4.98 Å². The van der Waals surface area contributed by atoms with E-state index in [1.807, 2.05) is 72.0 Å². The minimum absolute atomic E-state index is 0. The van der Waals surface area contributed by atoms with Crippen LogP contribution in [-0.4, -0.2) is 20.9 Å². The van der Waals surface area contributed by atoms with Gasteiger partial charge in [-0.05, 0) is 17.5 Å². The number of fused-ring (bicyclic) bond motifs is 1. The van der Waals surface area contributed by atoms with E-state index >= 15 is 0 Å². The Morgan fingerprint density at radius 2 is 1.49 bits per heavy atom. The first-order chi connectivity index (χ1) is 15.5. The third-order valence-corrected chi connectivity index (χ3v) is 5.37. The fourth-order valence-corrected chi connectivity index (χ4v) is 2.93. The van der Waals surface area contributed by atoms with Crippen LogP contribution < -0.4 is 0 Å². The van der Waals surface area contributed by atoms with Gasteiger partial charge in [-0.25, -0.2) is 0 Å². The maximum Gasteiger partial charge on any atom is 0.164 e. The number of allylic oxidation sites excluding steroid dienone is 2. The molecule has 0 aliphatic heterocycles. The summed E-state index contributed by atoms with van der Waals surface area (Å²) in [7, 11) is 0. The van der Waals surface area contributed by atoms with Crippen molar-refractivity contribution in [1.29, 1.82) is 0 Å². The molecule has 0 atom stereocenters. The summed E-state index contributed by atoms with van der Waals surface area (Å²) in [6, 6.07) is 15.7. The topological polar surface area (TPSA) is 63.1 Å². The first-order valence-corrected chi connectivity index (χ1v) is 11.7. The van der Waals surface area contributed by atoms with Crippen LogP contribution >= 0.6 is 0 Å². The second-order valence-electron chi connectivity index (χ2n) is 11.9. The molecule has 5 heteroatoms. The standard InChI is InChI=1S/C19H19N2.C11H20O2.Ir/c1-13-9-14(11-15(10-13)19(2,3)4)18-12-20-16-7-5-6-8-17(16)21-18;1-10(2,3)8(12)7-9(13)11(4,5)6;/h5-8,10-12H,1-4H3;7,12H,1-6H3;/q-1;;/b;8-7-;. The van der Waals surface area contributed by atoms with Crippen molar-refractivity contribution in [3.05, 3.63) is 71.6 Å². The Morgan fingerprint density at radius 3 is 2.00 bits per heavy atom. The van der Waals surface area contributed by atoms with Crippen LogP contribution in [-0.2, 0) is 30.3 Å². The van der Waals surface area contributed by atoms with Crippen molar-refractivity contribution >= 4 is 16.8 Å². The smallest absolute Gasteiger partial charge is 0.164 e. The van der Waals surface area contributed by atoms with Crippen LogP contribution in [0.4, 0.5) is 0 Å². The molecule has 0 saturated carbocycles. The number of hydrogen-bond donors (Lipinski definition) is 1. The summed E-state index contributed by atoms with van der Waals surface area (Å²) in [5.41, 5.74) is 5.50. The van der Waals surface area contributed by atoms with Gasteiger partial charge in [-0.15, -0.1) is 34.9 Å². The van der Waals surface area contributed by atoms with Gasteiger partial charge in [0, 0.05) is 48.9 Å². The van der Waals surface area contributed by atoms with Gasteiger partial charge in [0.05, 0.1) is 11.0 Å². The van der Waals surface area contributed by atoms with Crippen LogP contribution in [0, 0.1) is 23.8 Å². The monoisotopic (exact) mass is 652 g/mol. The molecule has 3 rings (SSSR count). The summed E-state index contributed by atoms with van der Waals surface area (Å²) in [5.74, 6) is 0.104. The Labute approximate surface area is 224 Å². The molecule has 0 amide bonds. The molecule has 0 aliphatic rings. The predicted molar refractivity (Wildman–Crippen MR) is 142 cm³/mol. The van der Waals surface area contributed by atoms with Crippen molar-refractivity contribution in [1.82, 2.24) is 9.97 Å². The minimum Gasteiger partial charge on any atom is -0.512 e. The molecule has 2 aromatic carbocycles. The molecule has 191 valence electrons. The van der Waals surface area contributed by atoms with Gasteiger partial charge in [0.25, 0.3) is 0 Å². The van der Waals surface area contributed by atoms with Gasteiger partial charge in [-0.3, -0.25) is 14.8 Å². The normalized spacial score (nSPS) is 12.5. The number of para-hydroxylation sites is 2. The number of hydrogen-bond acceptors (Lipinski definition) is 4. The van der Waals surface area contributed by atoms with Crippen molar-refractivity contribution in [3.8, 4) is 11.3 Å². The Balaban J connectivity index is 0.000000383. The van der Waals surface area contributed by atoms with Crippen molar-refractivity contribution in [2.75, 3.05) is 0 Å². The molecule has 0 saturated heterocycles. The molecule has 0 unspecified atom stereocenters. The minimum atomic E-state index is -0.417. The van der Waals surface area contributed by atoms with Gasteiger partial charge in [0.15, 0.2) is 5.78 Å². The van der Waals surface area contributed by atoms with Gasteiger partial charge in [-0.1, -0.05) is 81.4 Å². The number of aliphatic hydroxyl groups excluding tert-OH is 1. The SMILES string of the molecule is CC(C)(C)C(=O)/C=C(\O)C(C)(C)C.Cc1[c-]c(-c2cnc3ccccc3n2)cc(C(C)(C)C)c1.[Ir]. The number of rotatable bonds is 2. The van der Waals surface area contributed by atoms with Gasteiger partial charge in [-0.2, -0.15) is 0 Å². The van der Waals surface area contributed by atoms with Crippen LogP contribution in [0.25, 0.3) is 22.3 Å². The van der Waals surface area contributed by atoms with Crippen LogP contribution in [0.1, 0.15) is 73.4 Å². The van der Waals surface area contributed by atoms with Crippen molar-refractivity contribution in [3.63, 3.8) is 0 Å². The van der Waals surface area contributed by atoms with Crippen LogP contribution in [0.15, 0.2) is 54.4 Å². The Bertz CT molecular complexity index is 1190. The zero-order valence-electron chi connectivity index (χ0n) is 22.7. The molecule has 0 aliphatic carbocycles. The van der Waals surface area contributed by atoms with Crippen molar-refractivity contribution in [2.24, 2.45) is 10.8 Å². The van der Waals surface area contributed by atoms with E-state index in [0.717, 1.165) is 27.9 Å². The van der Waals surface area contributed by atoms with E-state index in [1.165, 1.54) is 11.6 Å². The molecule has 1 radical (unpaired) electrons. The number of aromatic nitrogens is 2. The van der Waals surface area contributed by atoms with Crippen LogP contribution in [0.5, 0.6) is 0 Å². The predicted octanol–water partition coefficient (Wildman–Crippen LogP) is 7.79. The zero-order valence-corrected chi connectivity index (χ0v) is 25.1. The number of nitrogens with zero attached hydrogens (tertiary/aromatic N) is 2. The van der Waals surface area contributed by atoms with E-state index in [9.17, 15) is 9.90 Å². The quantitative estimate of drug-likeness (QED) is 0.175.